The van der Waals surface area contributed by atoms with Crippen LogP contribution in [0.25, 0.3) is 0 Å². The fraction of sp³-hybridized carbons (Fsp3) is 0.435. The minimum atomic E-state index is -2.73. The van der Waals surface area contributed by atoms with E-state index in [-0.39, 0.29) is 36.1 Å². The minimum Gasteiger partial charge on any atom is -0.338 e. The predicted molar refractivity (Wildman–Crippen MR) is 122 cm³/mol. The molecular formula is C23H24F3N7O4. The van der Waals surface area contributed by atoms with Gasteiger partial charge in [0.1, 0.15) is 17.6 Å². The number of hydroxylamine groups is 2. The number of carbonyl (C=O) groups excluding carboxylic acids is 3. The van der Waals surface area contributed by atoms with Crippen molar-refractivity contribution in [1.29, 1.82) is 5.26 Å². The Balaban J connectivity index is 1.59. The zero-order valence-electron chi connectivity index (χ0n) is 20.2. The monoisotopic (exact) mass is 519 g/mol. The van der Waals surface area contributed by atoms with Gasteiger partial charge in [0.15, 0.2) is 6.10 Å². The van der Waals surface area contributed by atoms with Crippen LogP contribution in [0.5, 0.6) is 0 Å². The van der Waals surface area contributed by atoms with Crippen molar-refractivity contribution in [3.8, 4) is 6.07 Å². The third-order valence-electron chi connectivity index (χ3n) is 6.26. The van der Waals surface area contributed by atoms with Crippen LogP contribution < -0.4 is 5.32 Å². The number of amides is 4. The molecule has 0 saturated carbocycles. The molecule has 196 valence electrons. The number of alkyl halides is 2. The van der Waals surface area contributed by atoms with Crippen LogP contribution in [0.3, 0.4) is 0 Å². The van der Waals surface area contributed by atoms with E-state index in [4.69, 9.17) is 10.1 Å². The van der Waals surface area contributed by atoms with Gasteiger partial charge in [0.25, 0.3) is 18.2 Å². The van der Waals surface area contributed by atoms with Crippen LogP contribution in [0.2, 0.25) is 0 Å². The molecule has 0 unspecified atom stereocenters. The summed E-state index contributed by atoms with van der Waals surface area (Å²) in [5.74, 6) is -2.04. The number of halogens is 3. The first kappa shape index (κ1) is 26.0. The number of carbonyl (C=O) groups is 3. The molecule has 0 radical (unpaired) electrons. The molecule has 2 aliphatic heterocycles. The Kier molecular flexibility index (Phi) is 7.08. The molecule has 4 amide bonds. The number of hydrogen-bond donors (Lipinski definition) is 1. The summed E-state index contributed by atoms with van der Waals surface area (Å²) in [5, 5.41) is 17.0. The molecule has 0 spiro atoms. The van der Waals surface area contributed by atoms with Gasteiger partial charge >= 0.3 is 6.03 Å². The summed E-state index contributed by atoms with van der Waals surface area (Å²) in [6.07, 6.45) is -3.69. The Morgan fingerprint density at radius 3 is 2.78 bits per heavy atom. The number of rotatable bonds is 4. The third kappa shape index (κ3) is 5.08. The lowest BCUT2D eigenvalue weighted by Gasteiger charge is -2.33. The quantitative estimate of drug-likeness (QED) is 0.659. The largest absolute Gasteiger partial charge is 0.338 e. The Labute approximate surface area is 209 Å². The van der Waals surface area contributed by atoms with Crippen molar-refractivity contribution in [3.63, 3.8) is 0 Å². The number of likely N-dealkylation sites (N-methyl/N-ethyl adjacent to an activating group) is 1. The van der Waals surface area contributed by atoms with Crippen LogP contribution in [0.4, 0.5) is 23.7 Å². The van der Waals surface area contributed by atoms with Crippen molar-refractivity contribution in [2.45, 2.75) is 45.0 Å². The lowest BCUT2D eigenvalue weighted by Crippen LogP contribution is -2.45. The number of nitriles is 1. The van der Waals surface area contributed by atoms with Gasteiger partial charge in [-0.05, 0) is 25.1 Å². The highest BCUT2D eigenvalue weighted by Gasteiger charge is 2.39. The molecule has 11 nitrogen and oxygen atoms in total. The van der Waals surface area contributed by atoms with Gasteiger partial charge in [-0.1, -0.05) is 0 Å². The van der Waals surface area contributed by atoms with Gasteiger partial charge in [-0.2, -0.15) is 10.4 Å². The van der Waals surface area contributed by atoms with Crippen LogP contribution in [-0.4, -0.2) is 81.7 Å². The van der Waals surface area contributed by atoms with E-state index < -0.39 is 42.7 Å². The molecule has 1 N–H and O–H groups in total. The van der Waals surface area contributed by atoms with Crippen LogP contribution >= 0.6 is 0 Å². The topological polar surface area (TPSA) is 124 Å². The Morgan fingerprint density at radius 1 is 1.38 bits per heavy atom. The molecule has 1 aromatic heterocycles. The van der Waals surface area contributed by atoms with E-state index in [0.29, 0.717) is 17.7 Å². The number of benzene rings is 1. The number of nitrogens with zero attached hydrogens (tertiary/aromatic N) is 6. The predicted octanol–water partition coefficient (Wildman–Crippen LogP) is 1.98. The first-order valence-electron chi connectivity index (χ1n) is 11.3. The van der Waals surface area contributed by atoms with Crippen molar-refractivity contribution >= 4 is 23.5 Å². The zero-order valence-corrected chi connectivity index (χ0v) is 20.2. The Morgan fingerprint density at radius 2 is 2.11 bits per heavy atom. The summed E-state index contributed by atoms with van der Waals surface area (Å²) in [7, 11) is 2.53. The number of hydrogen-bond acceptors (Lipinski definition) is 6. The van der Waals surface area contributed by atoms with Crippen LogP contribution in [-0.2, 0) is 29.1 Å². The average molecular weight is 519 g/mol. The van der Waals surface area contributed by atoms with E-state index in [0.717, 1.165) is 16.0 Å². The van der Waals surface area contributed by atoms with Crippen LogP contribution in [0.1, 0.15) is 34.2 Å². The second-order valence-electron chi connectivity index (χ2n) is 8.88. The summed E-state index contributed by atoms with van der Waals surface area (Å²) in [6, 6.07) is 4.48. The maximum absolute atomic E-state index is 13.6. The van der Waals surface area contributed by atoms with Crippen LogP contribution in [0, 0.1) is 17.1 Å². The molecule has 4 rings (SSSR count). The number of nitrogens with one attached hydrogen (secondary N) is 1. The van der Waals surface area contributed by atoms with Crippen molar-refractivity contribution in [2.75, 3.05) is 26.0 Å². The molecule has 0 saturated heterocycles. The lowest BCUT2D eigenvalue weighted by molar-refractivity contribution is -0.177. The molecule has 14 heteroatoms. The van der Waals surface area contributed by atoms with E-state index in [1.54, 1.807) is 13.0 Å². The van der Waals surface area contributed by atoms with Gasteiger partial charge in [0.05, 0.1) is 30.9 Å². The standard InChI is InChI=1S/C23H24F3N7O4/c1-12-6-17-15(9-32(12)23(36)28-14-4-5-16(24)13(7-14)8-27)20-22(35)31(3)37-18(10-33(20)29-17)21(34)30(2)11-19(25)26/h4-5,7,12,18-19H,6,9-11H2,1-3H3,(H,28,36)/t12-,18+/m1/s1. The van der Waals surface area contributed by atoms with E-state index in [1.165, 1.54) is 35.8 Å². The Bertz CT molecular complexity index is 1290. The van der Waals surface area contributed by atoms with E-state index in [9.17, 15) is 27.6 Å². The minimum absolute atomic E-state index is 0.00739. The highest BCUT2D eigenvalue weighted by molar-refractivity contribution is 5.95. The van der Waals surface area contributed by atoms with Crippen molar-refractivity contribution in [2.24, 2.45) is 0 Å². The molecule has 2 aromatic rings. The van der Waals surface area contributed by atoms with E-state index in [2.05, 4.69) is 10.4 Å². The second kappa shape index (κ2) is 10.1. The molecule has 2 aliphatic rings. The van der Waals surface area contributed by atoms with Gasteiger partial charge in [-0.25, -0.2) is 23.0 Å². The van der Waals surface area contributed by atoms with Crippen LogP contribution in [0.15, 0.2) is 18.2 Å². The zero-order chi connectivity index (χ0) is 27.0. The molecule has 2 atom stereocenters. The van der Waals surface area contributed by atoms with Crippen molar-refractivity contribution < 1.29 is 32.4 Å². The number of urea groups is 1. The summed E-state index contributed by atoms with van der Waals surface area (Å²) >= 11 is 0. The molecule has 0 fully saturated rings. The summed E-state index contributed by atoms with van der Waals surface area (Å²) in [6.45, 7) is 0.830. The van der Waals surface area contributed by atoms with Gasteiger partial charge in [-0.3, -0.25) is 19.1 Å². The first-order chi connectivity index (χ1) is 17.5. The highest BCUT2D eigenvalue weighted by atomic mass is 19.3. The summed E-state index contributed by atoms with van der Waals surface area (Å²) < 4.78 is 40.5. The highest BCUT2D eigenvalue weighted by Crippen LogP contribution is 2.29. The van der Waals surface area contributed by atoms with Gasteiger partial charge < -0.3 is 15.1 Å². The SMILES string of the molecule is C[C@@H]1Cc2nn3c(c2CN1C(=O)Nc1ccc(F)c(C#N)c1)C(=O)N(C)O[C@H](C(=O)N(C)CC(F)F)C3. The molecular weight excluding hydrogens is 495 g/mol. The first-order valence-corrected chi connectivity index (χ1v) is 11.3. The van der Waals surface area contributed by atoms with Gasteiger partial charge in [-0.15, -0.1) is 0 Å². The van der Waals surface area contributed by atoms with E-state index in [1.807, 2.05) is 0 Å². The maximum atomic E-state index is 13.6. The smallest absolute Gasteiger partial charge is 0.322 e. The summed E-state index contributed by atoms with van der Waals surface area (Å²) in [5.41, 5.74) is 1.18. The number of aromatic nitrogens is 2. The molecule has 37 heavy (non-hydrogen) atoms. The second-order valence-corrected chi connectivity index (χ2v) is 8.88. The number of fused-ring (bicyclic) bond motifs is 3. The normalized spacial score (nSPS) is 19.1. The fourth-order valence-corrected chi connectivity index (χ4v) is 4.37. The van der Waals surface area contributed by atoms with Gasteiger partial charge in [0, 0.05) is 37.8 Å². The maximum Gasteiger partial charge on any atom is 0.322 e. The van der Waals surface area contributed by atoms with Crippen molar-refractivity contribution in [3.05, 3.63) is 46.5 Å². The van der Waals surface area contributed by atoms with E-state index >= 15 is 0 Å². The average Bonchev–Trinajstić information content (AvgIpc) is 3.12. The molecule has 0 aliphatic carbocycles. The lowest BCUT2D eigenvalue weighted by atomic mass is 9.99. The Hall–Kier alpha value is -4.12. The fourth-order valence-electron chi connectivity index (χ4n) is 4.37. The number of anilines is 1. The molecule has 3 heterocycles. The third-order valence-corrected chi connectivity index (χ3v) is 6.26. The molecule has 1 aromatic carbocycles. The van der Waals surface area contributed by atoms with Crippen molar-refractivity contribution in [1.82, 2.24) is 24.6 Å². The van der Waals surface area contributed by atoms with Gasteiger partial charge in [0.2, 0.25) is 0 Å². The molecule has 0 bridgehead atoms. The summed E-state index contributed by atoms with van der Waals surface area (Å²) in [4.78, 5) is 46.7.